The van der Waals surface area contributed by atoms with Crippen LogP contribution in [0.3, 0.4) is 0 Å². The molecule has 0 aromatic heterocycles. The van der Waals surface area contributed by atoms with Crippen molar-refractivity contribution < 1.29 is 14.6 Å². The molecule has 1 aliphatic rings. The first-order valence-corrected chi connectivity index (χ1v) is 7.37. The SMILES string of the molecule is Cc1cccc(/C=C2/Oc3cc(N)ccc3N(CCO)C2=O)c1. The first-order valence-electron chi connectivity index (χ1n) is 7.37. The maximum absolute atomic E-state index is 12.6. The molecule has 0 atom stereocenters. The van der Waals surface area contributed by atoms with Crippen molar-refractivity contribution in [3.05, 3.63) is 59.4 Å². The Bertz CT molecular complexity index is 784. The quantitative estimate of drug-likeness (QED) is 0.674. The van der Waals surface area contributed by atoms with Crippen LogP contribution < -0.4 is 15.4 Å². The van der Waals surface area contributed by atoms with Crippen LogP contribution in [0.15, 0.2) is 48.2 Å². The fourth-order valence-electron chi connectivity index (χ4n) is 2.56. The van der Waals surface area contributed by atoms with Crippen LogP contribution in [0.5, 0.6) is 5.75 Å². The van der Waals surface area contributed by atoms with E-state index in [4.69, 9.17) is 10.5 Å². The average molecular weight is 310 g/mol. The number of hydrogen-bond acceptors (Lipinski definition) is 4. The number of hydrogen-bond donors (Lipinski definition) is 2. The molecule has 3 rings (SSSR count). The zero-order chi connectivity index (χ0) is 16.4. The van der Waals surface area contributed by atoms with E-state index in [1.807, 2.05) is 31.2 Å². The number of aliphatic hydroxyl groups excluding tert-OH is 1. The molecule has 3 N–H and O–H groups in total. The van der Waals surface area contributed by atoms with Gasteiger partial charge in [0.25, 0.3) is 5.91 Å². The number of anilines is 2. The van der Waals surface area contributed by atoms with Gasteiger partial charge in [-0.25, -0.2) is 0 Å². The largest absolute Gasteiger partial charge is 0.449 e. The molecule has 1 heterocycles. The molecule has 5 heteroatoms. The molecule has 0 saturated carbocycles. The molecule has 2 aromatic carbocycles. The van der Waals surface area contributed by atoms with E-state index >= 15 is 0 Å². The summed E-state index contributed by atoms with van der Waals surface area (Å²) in [5, 5.41) is 9.25. The van der Waals surface area contributed by atoms with E-state index in [-0.39, 0.29) is 24.8 Å². The molecule has 0 bridgehead atoms. The number of carbonyl (C=O) groups excluding carboxylic acids is 1. The minimum absolute atomic E-state index is 0.132. The minimum atomic E-state index is -0.280. The van der Waals surface area contributed by atoms with Crippen molar-refractivity contribution in [1.29, 1.82) is 0 Å². The summed E-state index contributed by atoms with van der Waals surface area (Å²) >= 11 is 0. The fraction of sp³-hybridized carbons (Fsp3) is 0.167. The molecule has 5 nitrogen and oxygen atoms in total. The van der Waals surface area contributed by atoms with Crippen LogP contribution in [0, 0.1) is 6.92 Å². The van der Waals surface area contributed by atoms with Crippen LogP contribution in [0.4, 0.5) is 11.4 Å². The van der Waals surface area contributed by atoms with Crippen molar-refractivity contribution in [2.45, 2.75) is 6.92 Å². The lowest BCUT2D eigenvalue weighted by Gasteiger charge is -2.30. The zero-order valence-corrected chi connectivity index (χ0v) is 12.8. The highest BCUT2D eigenvalue weighted by atomic mass is 16.5. The van der Waals surface area contributed by atoms with Gasteiger partial charge in [-0.05, 0) is 30.7 Å². The molecule has 23 heavy (non-hydrogen) atoms. The number of β-amino-alcohol motifs (C(OH)–C–C–N with tert-alkyl or cyclic N) is 1. The molecule has 2 aromatic rings. The van der Waals surface area contributed by atoms with Gasteiger partial charge in [-0.2, -0.15) is 0 Å². The lowest BCUT2D eigenvalue weighted by molar-refractivity contribution is -0.117. The number of fused-ring (bicyclic) bond motifs is 1. The molecular weight excluding hydrogens is 292 g/mol. The summed E-state index contributed by atoms with van der Waals surface area (Å²) in [5.74, 6) is 0.442. The van der Waals surface area contributed by atoms with Crippen molar-refractivity contribution in [1.82, 2.24) is 0 Å². The third kappa shape index (κ3) is 3.05. The number of nitrogens with two attached hydrogens (primary N) is 1. The highest BCUT2D eigenvalue weighted by Crippen LogP contribution is 2.37. The summed E-state index contributed by atoms with van der Waals surface area (Å²) in [6, 6.07) is 12.9. The van der Waals surface area contributed by atoms with Gasteiger partial charge in [0.2, 0.25) is 0 Å². The second-order valence-electron chi connectivity index (χ2n) is 5.43. The van der Waals surface area contributed by atoms with Crippen molar-refractivity contribution in [2.24, 2.45) is 0 Å². The highest BCUT2D eigenvalue weighted by molar-refractivity contribution is 6.10. The molecule has 0 aliphatic carbocycles. The van der Waals surface area contributed by atoms with E-state index in [1.165, 1.54) is 4.90 Å². The Morgan fingerprint density at radius 2 is 2.09 bits per heavy atom. The molecular formula is C18H18N2O3. The smallest absolute Gasteiger partial charge is 0.294 e. The van der Waals surface area contributed by atoms with Gasteiger partial charge < -0.3 is 15.6 Å². The number of carbonyl (C=O) groups is 1. The fourth-order valence-corrected chi connectivity index (χ4v) is 2.56. The Kier molecular flexibility index (Phi) is 4.04. The summed E-state index contributed by atoms with van der Waals surface area (Å²) in [6.07, 6.45) is 1.70. The summed E-state index contributed by atoms with van der Waals surface area (Å²) < 4.78 is 5.75. The topological polar surface area (TPSA) is 75.8 Å². The molecule has 0 spiro atoms. The highest BCUT2D eigenvalue weighted by Gasteiger charge is 2.30. The summed E-state index contributed by atoms with van der Waals surface area (Å²) in [7, 11) is 0. The van der Waals surface area contributed by atoms with E-state index in [0.29, 0.717) is 17.1 Å². The zero-order valence-electron chi connectivity index (χ0n) is 12.8. The van der Waals surface area contributed by atoms with Crippen molar-refractivity contribution in [2.75, 3.05) is 23.8 Å². The number of aryl methyl sites for hydroxylation is 1. The molecule has 1 amide bonds. The second kappa shape index (κ2) is 6.14. The number of aliphatic hydroxyl groups is 1. The van der Waals surface area contributed by atoms with Crippen LogP contribution in [0.2, 0.25) is 0 Å². The summed E-state index contributed by atoms with van der Waals surface area (Å²) in [5.41, 5.74) is 8.94. The molecule has 0 fully saturated rings. The van der Waals surface area contributed by atoms with E-state index in [0.717, 1.165) is 11.1 Å². The molecule has 0 radical (unpaired) electrons. The van der Waals surface area contributed by atoms with Crippen molar-refractivity contribution in [3.8, 4) is 5.75 Å². The van der Waals surface area contributed by atoms with Crippen LogP contribution in [0.1, 0.15) is 11.1 Å². The Morgan fingerprint density at radius 1 is 1.26 bits per heavy atom. The number of ether oxygens (including phenoxy) is 1. The Balaban J connectivity index is 2.04. The van der Waals surface area contributed by atoms with Gasteiger partial charge >= 0.3 is 0 Å². The maximum Gasteiger partial charge on any atom is 0.294 e. The Labute approximate surface area is 134 Å². The van der Waals surface area contributed by atoms with Gasteiger partial charge in [-0.3, -0.25) is 9.69 Å². The number of amides is 1. The predicted molar refractivity (Wildman–Crippen MR) is 90.1 cm³/mol. The van der Waals surface area contributed by atoms with Gasteiger partial charge in [0.05, 0.1) is 12.3 Å². The second-order valence-corrected chi connectivity index (χ2v) is 5.43. The average Bonchev–Trinajstić information content (AvgIpc) is 2.51. The minimum Gasteiger partial charge on any atom is -0.449 e. The monoisotopic (exact) mass is 310 g/mol. The van der Waals surface area contributed by atoms with Gasteiger partial charge in [0, 0.05) is 18.3 Å². The summed E-state index contributed by atoms with van der Waals surface area (Å²) in [4.78, 5) is 14.1. The maximum atomic E-state index is 12.6. The van der Waals surface area contributed by atoms with E-state index in [9.17, 15) is 9.90 Å². The Morgan fingerprint density at radius 3 is 2.83 bits per heavy atom. The third-order valence-corrected chi connectivity index (χ3v) is 3.61. The number of nitrogens with zero attached hydrogens (tertiary/aromatic N) is 1. The normalized spacial score (nSPS) is 15.5. The number of nitrogen functional groups attached to an aromatic ring is 1. The number of rotatable bonds is 3. The van der Waals surface area contributed by atoms with Crippen LogP contribution in [0.25, 0.3) is 6.08 Å². The van der Waals surface area contributed by atoms with Gasteiger partial charge in [-0.15, -0.1) is 0 Å². The third-order valence-electron chi connectivity index (χ3n) is 3.61. The molecule has 0 saturated heterocycles. The van der Waals surface area contributed by atoms with Crippen molar-refractivity contribution >= 4 is 23.4 Å². The molecule has 118 valence electrons. The van der Waals surface area contributed by atoms with Crippen LogP contribution in [-0.4, -0.2) is 24.2 Å². The van der Waals surface area contributed by atoms with Gasteiger partial charge in [-0.1, -0.05) is 29.8 Å². The van der Waals surface area contributed by atoms with E-state index < -0.39 is 0 Å². The number of benzene rings is 2. The van der Waals surface area contributed by atoms with Gasteiger partial charge in [0.1, 0.15) is 0 Å². The van der Waals surface area contributed by atoms with Crippen LogP contribution >= 0.6 is 0 Å². The first kappa shape index (κ1) is 15.1. The first-order chi connectivity index (χ1) is 11.1. The summed E-state index contributed by atoms with van der Waals surface area (Å²) in [6.45, 7) is 2.05. The van der Waals surface area contributed by atoms with Crippen molar-refractivity contribution in [3.63, 3.8) is 0 Å². The lowest BCUT2D eigenvalue weighted by Crippen LogP contribution is -2.39. The Hall–Kier alpha value is -2.79. The molecule has 0 unspecified atom stereocenters. The lowest BCUT2D eigenvalue weighted by atomic mass is 10.1. The predicted octanol–water partition coefficient (Wildman–Crippen LogP) is 2.34. The van der Waals surface area contributed by atoms with Crippen LogP contribution in [-0.2, 0) is 4.79 Å². The van der Waals surface area contributed by atoms with Gasteiger partial charge in [0.15, 0.2) is 11.5 Å². The standard InChI is InChI=1S/C18H18N2O3/c1-12-3-2-4-13(9-12)10-17-18(22)20(7-8-21)15-6-5-14(19)11-16(15)23-17/h2-6,9-11,21H,7-8,19H2,1H3/b17-10+. The molecule has 1 aliphatic heterocycles. The van der Waals surface area contributed by atoms with E-state index in [2.05, 4.69) is 0 Å². The van der Waals surface area contributed by atoms with E-state index in [1.54, 1.807) is 24.3 Å².